The number of rotatable bonds is 20. The molecule has 4 aromatic rings. The highest BCUT2D eigenvalue weighted by atomic mass is 16.6. The Labute approximate surface area is 393 Å². The molecule has 0 bridgehead atoms. The first-order valence-electron chi connectivity index (χ1n) is 19.5. The molecule has 352 valence electrons. The second kappa shape index (κ2) is 33.1. The SMILES string of the molecule is C=CC(=O)OCc1ccc(OC(=O)C=C)cc1.C=CC(=O)OCc1cccc(COC(=O)C=C)c1.C=CC(=O)OCc1cccc(OC(=O)C=C)c1.C=CC(=O)Oc1cccc(OC(=O)C=C)c1. The van der Waals surface area contributed by atoms with Crippen molar-refractivity contribution >= 4 is 47.8 Å². The van der Waals surface area contributed by atoms with Crippen molar-refractivity contribution in [3.8, 4) is 23.0 Å². The van der Waals surface area contributed by atoms with Crippen molar-refractivity contribution in [1.29, 1.82) is 0 Å². The highest BCUT2D eigenvalue weighted by Crippen LogP contribution is 2.20. The van der Waals surface area contributed by atoms with Gasteiger partial charge in [0.15, 0.2) is 0 Å². The van der Waals surface area contributed by atoms with Crippen molar-refractivity contribution in [3.63, 3.8) is 0 Å². The smallest absolute Gasteiger partial charge is 0.335 e. The zero-order valence-corrected chi connectivity index (χ0v) is 36.9. The van der Waals surface area contributed by atoms with Gasteiger partial charge in [-0.2, -0.15) is 0 Å². The number of hydrogen-bond donors (Lipinski definition) is 0. The molecular weight excluding hydrogens is 881 g/mol. The van der Waals surface area contributed by atoms with E-state index in [9.17, 15) is 38.4 Å². The molecule has 68 heavy (non-hydrogen) atoms. The molecule has 16 nitrogen and oxygen atoms in total. The predicted molar refractivity (Wildman–Crippen MR) is 249 cm³/mol. The van der Waals surface area contributed by atoms with Crippen molar-refractivity contribution in [2.45, 2.75) is 26.4 Å². The Morgan fingerprint density at radius 2 is 0.559 bits per heavy atom. The Hall–Kier alpha value is -9.44. The lowest BCUT2D eigenvalue weighted by Crippen LogP contribution is -2.05. The molecule has 0 aromatic heterocycles. The van der Waals surface area contributed by atoms with E-state index in [0.717, 1.165) is 70.9 Å². The molecule has 0 saturated carbocycles. The fraction of sp³-hybridized carbons (Fsp3) is 0.0769. The Bertz CT molecular complexity index is 2380. The summed E-state index contributed by atoms with van der Waals surface area (Å²) < 4.78 is 39.0. The molecule has 0 radical (unpaired) electrons. The zero-order valence-electron chi connectivity index (χ0n) is 36.9. The van der Waals surface area contributed by atoms with Crippen LogP contribution in [0.4, 0.5) is 0 Å². The average Bonchev–Trinajstić information content (AvgIpc) is 3.36. The summed E-state index contributed by atoms with van der Waals surface area (Å²) in [6.45, 7) is 26.9. The van der Waals surface area contributed by atoms with Crippen LogP contribution in [0, 0.1) is 0 Å². The first-order chi connectivity index (χ1) is 32.6. The van der Waals surface area contributed by atoms with E-state index in [-0.39, 0.29) is 37.9 Å². The molecule has 0 aliphatic heterocycles. The Balaban J connectivity index is 0.000000454. The van der Waals surface area contributed by atoms with Crippen molar-refractivity contribution in [2.75, 3.05) is 0 Å². The van der Waals surface area contributed by atoms with Crippen molar-refractivity contribution in [2.24, 2.45) is 0 Å². The monoisotopic (exact) mass is 928 g/mol. The van der Waals surface area contributed by atoms with Gasteiger partial charge in [0.1, 0.15) is 49.4 Å². The second-order valence-corrected chi connectivity index (χ2v) is 12.3. The molecule has 0 saturated heterocycles. The molecule has 16 heteroatoms. The summed E-state index contributed by atoms with van der Waals surface area (Å²) in [5, 5.41) is 0. The summed E-state index contributed by atoms with van der Waals surface area (Å²) in [7, 11) is 0. The number of carbonyl (C=O) groups excluding carboxylic acids is 8. The molecule has 4 rings (SSSR count). The van der Waals surface area contributed by atoms with E-state index < -0.39 is 47.8 Å². The van der Waals surface area contributed by atoms with Gasteiger partial charge in [0.05, 0.1) is 0 Å². The van der Waals surface area contributed by atoms with Gasteiger partial charge >= 0.3 is 47.8 Å². The number of carbonyl (C=O) groups is 8. The number of benzene rings is 4. The summed E-state index contributed by atoms with van der Waals surface area (Å²) >= 11 is 0. The fourth-order valence-electron chi connectivity index (χ4n) is 4.25. The highest BCUT2D eigenvalue weighted by Gasteiger charge is 2.06. The largest absolute Gasteiger partial charge is 0.458 e. The van der Waals surface area contributed by atoms with E-state index in [1.807, 2.05) is 12.1 Å². The first kappa shape index (κ1) is 56.6. The molecule has 4 aromatic carbocycles. The van der Waals surface area contributed by atoms with Crippen LogP contribution in [0.5, 0.6) is 23.0 Å². The number of ether oxygens (including phenoxy) is 8. The standard InChI is InChI=1S/C14H14O4.2C13H12O4.C12H10O4/c1-3-13(15)17-9-11-6-5-7-12(8-11)10-18-14(16)4-2;1-3-12(14)16-9-10-5-7-11(8-6-10)17-13(15)4-2;1-3-12(14)16-9-10-6-5-7-11(8-10)17-13(15)4-2;1-3-11(13)15-9-6-5-7-10(8-9)16-12(14)4-2/h3-8H,1-2,9-10H2;2*3-8H,1-2,9H2;3-8H,1-2H2. The van der Waals surface area contributed by atoms with Gasteiger partial charge in [-0.15, -0.1) is 0 Å². The quantitative estimate of drug-likeness (QED) is 0.0355. The van der Waals surface area contributed by atoms with Gasteiger partial charge < -0.3 is 37.9 Å². The summed E-state index contributed by atoms with van der Waals surface area (Å²) in [4.78, 5) is 87.2. The summed E-state index contributed by atoms with van der Waals surface area (Å²) in [5.41, 5.74) is 3.14. The lowest BCUT2D eigenvalue weighted by atomic mass is 10.1. The molecule has 0 heterocycles. The molecule has 0 unspecified atom stereocenters. The van der Waals surface area contributed by atoms with Crippen molar-refractivity contribution < 1.29 is 76.3 Å². The van der Waals surface area contributed by atoms with Crippen molar-refractivity contribution in [1.82, 2.24) is 0 Å². The van der Waals surface area contributed by atoms with E-state index in [2.05, 4.69) is 52.6 Å². The van der Waals surface area contributed by atoms with Gasteiger partial charge in [-0.3, -0.25) is 0 Å². The fourth-order valence-corrected chi connectivity index (χ4v) is 4.25. The van der Waals surface area contributed by atoms with E-state index in [1.165, 1.54) is 6.07 Å². The maximum atomic E-state index is 11.0. The van der Waals surface area contributed by atoms with E-state index in [1.54, 1.807) is 78.9 Å². The first-order valence-corrected chi connectivity index (χ1v) is 19.5. The van der Waals surface area contributed by atoms with Crippen LogP contribution >= 0.6 is 0 Å². The van der Waals surface area contributed by atoms with Crippen LogP contribution in [0.3, 0.4) is 0 Å². The number of esters is 8. The Morgan fingerprint density at radius 1 is 0.294 bits per heavy atom. The van der Waals surface area contributed by atoms with Gasteiger partial charge in [0.25, 0.3) is 0 Å². The molecular formula is C52H48O16. The lowest BCUT2D eigenvalue weighted by molar-refractivity contribution is -0.139. The Morgan fingerprint density at radius 3 is 0.897 bits per heavy atom. The molecule has 0 amide bonds. The third-order valence-corrected chi connectivity index (χ3v) is 7.35. The minimum absolute atomic E-state index is 0.102. The molecule has 0 aliphatic carbocycles. The maximum absolute atomic E-state index is 11.0. The normalized spacial score (nSPS) is 9.18. The predicted octanol–water partition coefficient (Wildman–Crippen LogP) is 8.03. The highest BCUT2D eigenvalue weighted by molar-refractivity contribution is 5.85. The average molecular weight is 929 g/mol. The van der Waals surface area contributed by atoms with Crippen LogP contribution in [0.15, 0.2) is 198 Å². The summed E-state index contributed by atoms with van der Waals surface area (Å²) in [6, 6.07) is 26.7. The van der Waals surface area contributed by atoms with Gasteiger partial charge in [-0.25, -0.2) is 38.4 Å². The second-order valence-electron chi connectivity index (χ2n) is 12.3. The van der Waals surface area contributed by atoms with Gasteiger partial charge in [-0.05, 0) is 64.7 Å². The van der Waals surface area contributed by atoms with Crippen LogP contribution < -0.4 is 18.9 Å². The third kappa shape index (κ3) is 25.6. The molecule has 0 spiro atoms. The van der Waals surface area contributed by atoms with Crippen LogP contribution in [0.1, 0.15) is 22.3 Å². The molecule has 0 N–H and O–H groups in total. The van der Waals surface area contributed by atoms with E-state index in [4.69, 9.17) is 37.9 Å². The third-order valence-electron chi connectivity index (χ3n) is 7.35. The number of hydrogen-bond acceptors (Lipinski definition) is 16. The topological polar surface area (TPSA) is 210 Å². The van der Waals surface area contributed by atoms with Gasteiger partial charge in [0.2, 0.25) is 0 Å². The Kier molecular flexibility index (Phi) is 27.6. The van der Waals surface area contributed by atoms with E-state index >= 15 is 0 Å². The van der Waals surface area contributed by atoms with Crippen LogP contribution in [0.25, 0.3) is 0 Å². The summed E-state index contributed by atoms with van der Waals surface area (Å²) in [6.07, 6.45) is 8.64. The van der Waals surface area contributed by atoms with Crippen molar-refractivity contribution in [3.05, 3.63) is 221 Å². The van der Waals surface area contributed by atoms with E-state index in [0.29, 0.717) is 11.5 Å². The molecule has 0 aliphatic rings. The summed E-state index contributed by atoms with van der Waals surface area (Å²) in [5.74, 6) is -2.79. The zero-order chi connectivity index (χ0) is 50.7. The lowest BCUT2D eigenvalue weighted by Gasteiger charge is -2.06. The maximum Gasteiger partial charge on any atom is 0.335 e. The minimum Gasteiger partial charge on any atom is -0.458 e. The van der Waals surface area contributed by atoms with Crippen LogP contribution in [-0.4, -0.2) is 47.8 Å². The molecule has 0 fully saturated rings. The minimum atomic E-state index is -0.577. The van der Waals surface area contributed by atoms with Crippen LogP contribution in [-0.2, 0) is 83.7 Å². The van der Waals surface area contributed by atoms with Gasteiger partial charge in [-0.1, -0.05) is 101 Å². The molecule has 0 atom stereocenters. The van der Waals surface area contributed by atoms with Gasteiger partial charge in [0, 0.05) is 54.7 Å². The van der Waals surface area contributed by atoms with Crippen LogP contribution in [0.2, 0.25) is 0 Å².